The van der Waals surface area contributed by atoms with Gasteiger partial charge in [0, 0.05) is 6.07 Å². The number of carbonyl (C=O) groups excluding carboxylic acids is 1. The summed E-state index contributed by atoms with van der Waals surface area (Å²) >= 11 is 0. The molecular weight excluding hydrogens is 482 g/mol. The van der Waals surface area contributed by atoms with E-state index in [1.165, 1.54) is 11.0 Å². The molecule has 0 saturated carbocycles. The molecule has 0 atom stereocenters. The van der Waals surface area contributed by atoms with Crippen LogP contribution in [0.4, 0.5) is 16.2 Å². The molecule has 1 heterocycles. The van der Waals surface area contributed by atoms with E-state index >= 15 is 0 Å². The second-order valence-corrected chi connectivity index (χ2v) is 8.33. The SMILES string of the molecule is CCOc1ccccc1Oc1c(C)oc2cc(OC(=O)N(c3ccccc3)c3ccccc3)ccc2c1=O. The highest BCUT2D eigenvalue weighted by atomic mass is 16.6. The standard InChI is InChI=1S/C31H25NO6/c1-3-35-26-16-10-11-17-27(26)38-30-21(2)36-28-20-24(18-19-25(28)29(30)33)37-31(34)32(22-12-6-4-7-13-22)23-14-8-5-9-15-23/h4-20H,3H2,1-2H3. The van der Waals surface area contributed by atoms with Crippen LogP contribution in [0, 0.1) is 6.92 Å². The summed E-state index contributed by atoms with van der Waals surface area (Å²) in [6, 6.07) is 30.2. The molecule has 0 unspecified atom stereocenters. The van der Waals surface area contributed by atoms with Crippen LogP contribution in [0.3, 0.4) is 0 Å². The summed E-state index contributed by atoms with van der Waals surface area (Å²) in [4.78, 5) is 28.1. The third-order valence-corrected chi connectivity index (χ3v) is 5.76. The van der Waals surface area contributed by atoms with Crippen molar-refractivity contribution in [1.29, 1.82) is 0 Å². The van der Waals surface area contributed by atoms with Crippen LogP contribution in [-0.2, 0) is 0 Å². The fourth-order valence-corrected chi connectivity index (χ4v) is 4.03. The number of carbonyl (C=O) groups is 1. The summed E-state index contributed by atoms with van der Waals surface area (Å²) < 4.78 is 23.2. The summed E-state index contributed by atoms with van der Waals surface area (Å²) in [6.07, 6.45) is -0.603. The second kappa shape index (κ2) is 10.9. The molecule has 190 valence electrons. The highest BCUT2D eigenvalue weighted by Gasteiger charge is 2.21. The Kier molecular flexibility index (Phi) is 7.08. The molecule has 4 aromatic carbocycles. The Labute approximate surface area is 219 Å². The van der Waals surface area contributed by atoms with Crippen LogP contribution in [0.2, 0.25) is 0 Å². The average molecular weight is 508 g/mol. The van der Waals surface area contributed by atoms with Crippen molar-refractivity contribution in [2.24, 2.45) is 0 Å². The van der Waals surface area contributed by atoms with Crippen molar-refractivity contribution in [1.82, 2.24) is 0 Å². The van der Waals surface area contributed by atoms with Gasteiger partial charge in [-0.15, -0.1) is 0 Å². The van der Waals surface area contributed by atoms with Gasteiger partial charge in [0.05, 0.1) is 23.4 Å². The average Bonchev–Trinajstić information content (AvgIpc) is 2.93. The van der Waals surface area contributed by atoms with Crippen LogP contribution in [0.25, 0.3) is 11.0 Å². The predicted molar refractivity (Wildman–Crippen MR) is 146 cm³/mol. The van der Waals surface area contributed by atoms with E-state index in [1.54, 1.807) is 37.3 Å². The zero-order chi connectivity index (χ0) is 26.5. The van der Waals surface area contributed by atoms with Crippen LogP contribution >= 0.6 is 0 Å². The number of fused-ring (bicyclic) bond motifs is 1. The molecule has 0 fully saturated rings. The summed E-state index contributed by atoms with van der Waals surface area (Å²) in [5, 5.41) is 0.294. The molecule has 1 amide bonds. The molecule has 0 aliphatic carbocycles. The molecule has 1 aromatic heterocycles. The zero-order valence-electron chi connectivity index (χ0n) is 20.9. The highest BCUT2D eigenvalue weighted by molar-refractivity contribution is 5.97. The summed E-state index contributed by atoms with van der Waals surface area (Å²) in [5.74, 6) is 1.52. The molecule has 0 N–H and O–H groups in total. The molecule has 0 saturated heterocycles. The Morgan fingerprint density at radius 3 is 2.05 bits per heavy atom. The Balaban J connectivity index is 1.45. The van der Waals surface area contributed by atoms with Crippen molar-refractivity contribution >= 4 is 28.4 Å². The van der Waals surface area contributed by atoms with Gasteiger partial charge < -0.3 is 18.6 Å². The molecule has 0 aliphatic rings. The minimum Gasteiger partial charge on any atom is -0.490 e. The smallest absolute Gasteiger partial charge is 0.424 e. The molecular formula is C31H25NO6. The number of anilines is 2. The first-order valence-corrected chi connectivity index (χ1v) is 12.1. The minimum atomic E-state index is -0.603. The van der Waals surface area contributed by atoms with Gasteiger partial charge in [-0.25, -0.2) is 9.69 Å². The van der Waals surface area contributed by atoms with Crippen molar-refractivity contribution in [2.45, 2.75) is 13.8 Å². The summed E-state index contributed by atoms with van der Waals surface area (Å²) in [6.45, 7) is 3.97. The third-order valence-electron chi connectivity index (χ3n) is 5.76. The van der Waals surface area contributed by atoms with Gasteiger partial charge in [-0.05, 0) is 62.4 Å². The van der Waals surface area contributed by atoms with E-state index in [1.807, 2.05) is 73.7 Å². The normalized spacial score (nSPS) is 10.7. The number of amides is 1. The lowest BCUT2D eigenvalue weighted by atomic mass is 10.2. The third kappa shape index (κ3) is 5.08. The second-order valence-electron chi connectivity index (χ2n) is 8.33. The van der Waals surface area contributed by atoms with Crippen molar-refractivity contribution in [2.75, 3.05) is 11.5 Å². The number of aryl methyl sites for hydroxylation is 1. The monoisotopic (exact) mass is 507 g/mol. The molecule has 0 spiro atoms. The fourth-order valence-electron chi connectivity index (χ4n) is 4.03. The lowest BCUT2D eigenvalue weighted by molar-refractivity contribution is 0.210. The van der Waals surface area contributed by atoms with Gasteiger partial charge in [0.15, 0.2) is 11.5 Å². The van der Waals surface area contributed by atoms with Crippen molar-refractivity contribution < 1.29 is 23.4 Å². The highest BCUT2D eigenvalue weighted by Crippen LogP contribution is 2.33. The Hall–Kier alpha value is -5.04. The van der Waals surface area contributed by atoms with Gasteiger partial charge in [-0.3, -0.25) is 4.79 Å². The van der Waals surface area contributed by atoms with E-state index in [2.05, 4.69) is 0 Å². The number of nitrogens with zero attached hydrogens (tertiary/aromatic N) is 1. The number of hydrogen-bond acceptors (Lipinski definition) is 6. The maximum absolute atomic E-state index is 13.3. The molecule has 0 bridgehead atoms. The largest absolute Gasteiger partial charge is 0.490 e. The first kappa shape index (κ1) is 24.6. The molecule has 0 radical (unpaired) electrons. The van der Waals surface area contributed by atoms with E-state index in [4.69, 9.17) is 18.6 Å². The number of hydrogen-bond donors (Lipinski definition) is 0. The van der Waals surface area contributed by atoms with Crippen molar-refractivity contribution in [3.63, 3.8) is 0 Å². The van der Waals surface area contributed by atoms with Crippen LogP contribution in [0.1, 0.15) is 12.7 Å². The number of benzene rings is 4. The van der Waals surface area contributed by atoms with Gasteiger partial charge in [0.1, 0.15) is 17.1 Å². The summed E-state index contributed by atoms with van der Waals surface area (Å²) in [7, 11) is 0. The van der Waals surface area contributed by atoms with Crippen LogP contribution in [-0.4, -0.2) is 12.7 Å². The minimum absolute atomic E-state index is 0.0636. The van der Waals surface area contributed by atoms with Gasteiger partial charge in [0.25, 0.3) is 0 Å². The van der Waals surface area contributed by atoms with Crippen LogP contribution in [0.15, 0.2) is 112 Å². The van der Waals surface area contributed by atoms with Crippen LogP contribution < -0.4 is 24.5 Å². The predicted octanol–water partition coefficient (Wildman–Crippen LogP) is 7.63. The molecule has 7 nitrogen and oxygen atoms in total. The fraction of sp³-hybridized carbons (Fsp3) is 0.0968. The molecule has 7 heteroatoms. The van der Waals surface area contributed by atoms with E-state index in [0.717, 1.165) is 0 Å². The van der Waals surface area contributed by atoms with Gasteiger partial charge in [-0.2, -0.15) is 0 Å². The number of ether oxygens (including phenoxy) is 3. The quantitative estimate of drug-likeness (QED) is 0.225. The molecule has 5 rings (SSSR count). The van der Waals surface area contributed by atoms with Gasteiger partial charge in [0.2, 0.25) is 11.2 Å². The van der Waals surface area contributed by atoms with Gasteiger partial charge >= 0.3 is 6.09 Å². The first-order valence-electron chi connectivity index (χ1n) is 12.1. The van der Waals surface area contributed by atoms with Crippen LogP contribution in [0.5, 0.6) is 23.0 Å². The van der Waals surface area contributed by atoms with E-state index in [9.17, 15) is 9.59 Å². The number of rotatable bonds is 7. The molecule has 38 heavy (non-hydrogen) atoms. The Bertz CT molecular complexity index is 1590. The van der Waals surface area contributed by atoms with Crippen molar-refractivity contribution in [3.05, 3.63) is 119 Å². The Morgan fingerprint density at radius 1 is 0.816 bits per heavy atom. The number of para-hydroxylation sites is 4. The Morgan fingerprint density at radius 2 is 1.42 bits per heavy atom. The lowest BCUT2D eigenvalue weighted by Crippen LogP contribution is -2.29. The topological polar surface area (TPSA) is 78.2 Å². The maximum Gasteiger partial charge on any atom is 0.424 e. The molecule has 0 aliphatic heterocycles. The zero-order valence-corrected chi connectivity index (χ0v) is 20.9. The lowest BCUT2D eigenvalue weighted by Gasteiger charge is -2.22. The summed E-state index contributed by atoms with van der Waals surface area (Å²) in [5.41, 5.74) is 1.24. The van der Waals surface area contributed by atoms with E-state index < -0.39 is 6.09 Å². The van der Waals surface area contributed by atoms with E-state index in [-0.39, 0.29) is 28.3 Å². The van der Waals surface area contributed by atoms with Crippen molar-refractivity contribution in [3.8, 4) is 23.0 Å². The molecule has 5 aromatic rings. The van der Waals surface area contributed by atoms with E-state index in [0.29, 0.717) is 34.9 Å². The first-order chi connectivity index (χ1) is 18.5. The maximum atomic E-state index is 13.3. The van der Waals surface area contributed by atoms with Gasteiger partial charge in [-0.1, -0.05) is 48.5 Å².